The number of phenolic OH excluding ortho intramolecular Hbond substituents is 1. The summed E-state index contributed by atoms with van der Waals surface area (Å²) in [6.07, 6.45) is 0. The number of rotatable bonds is 5. The quantitative estimate of drug-likeness (QED) is 0.909. The van der Waals surface area contributed by atoms with E-state index in [1.807, 2.05) is 33.0 Å². The van der Waals surface area contributed by atoms with Crippen molar-refractivity contribution in [1.82, 2.24) is 10.1 Å². The summed E-state index contributed by atoms with van der Waals surface area (Å²) in [5.41, 5.74) is 2.83. The molecule has 0 aliphatic carbocycles. The van der Waals surface area contributed by atoms with Crippen LogP contribution in [0, 0.1) is 13.8 Å². The number of aromatic nitrogens is 1. The Morgan fingerprint density at radius 2 is 2.05 bits per heavy atom. The summed E-state index contributed by atoms with van der Waals surface area (Å²) in [6, 6.07) is 5.51. The third kappa shape index (κ3) is 2.93. The van der Waals surface area contributed by atoms with Crippen LogP contribution in [0.4, 0.5) is 0 Å². The van der Waals surface area contributed by atoms with Crippen LogP contribution in [0.5, 0.6) is 11.5 Å². The number of nitrogens with zero attached hydrogens (tertiary/aromatic N) is 2. The van der Waals surface area contributed by atoms with Crippen molar-refractivity contribution in [3.8, 4) is 11.5 Å². The molecule has 0 saturated heterocycles. The van der Waals surface area contributed by atoms with Crippen molar-refractivity contribution in [1.29, 1.82) is 0 Å². The first-order valence-electron chi connectivity index (χ1n) is 6.48. The van der Waals surface area contributed by atoms with Crippen LogP contribution in [0.3, 0.4) is 0 Å². The second kappa shape index (κ2) is 5.96. The lowest BCUT2D eigenvalue weighted by Gasteiger charge is -2.18. The number of aryl methyl sites for hydroxylation is 2. The molecule has 2 rings (SSSR count). The number of para-hydroxylation sites is 1. The number of ether oxygens (including phenoxy) is 1. The van der Waals surface area contributed by atoms with Gasteiger partial charge in [0.2, 0.25) is 0 Å². The third-order valence-electron chi connectivity index (χ3n) is 3.35. The van der Waals surface area contributed by atoms with E-state index >= 15 is 0 Å². The van der Waals surface area contributed by atoms with Gasteiger partial charge in [-0.3, -0.25) is 4.90 Å². The second-order valence-corrected chi connectivity index (χ2v) is 4.94. The van der Waals surface area contributed by atoms with E-state index in [0.717, 1.165) is 29.1 Å². The minimum absolute atomic E-state index is 0.195. The predicted octanol–water partition coefficient (Wildman–Crippen LogP) is 2.64. The molecule has 108 valence electrons. The van der Waals surface area contributed by atoms with Gasteiger partial charge < -0.3 is 14.4 Å². The predicted molar refractivity (Wildman–Crippen MR) is 75.8 cm³/mol. The van der Waals surface area contributed by atoms with E-state index in [2.05, 4.69) is 10.1 Å². The van der Waals surface area contributed by atoms with Crippen LogP contribution in [0.15, 0.2) is 22.7 Å². The van der Waals surface area contributed by atoms with Crippen molar-refractivity contribution in [3.05, 3.63) is 40.8 Å². The van der Waals surface area contributed by atoms with Gasteiger partial charge in [-0.15, -0.1) is 0 Å². The van der Waals surface area contributed by atoms with Gasteiger partial charge in [0, 0.05) is 24.2 Å². The average Bonchev–Trinajstić information content (AvgIpc) is 2.73. The highest BCUT2D eigenvalue weighted by atomic mass is 16.5. The molecule has 0 radical (unpaired) electrons. The molecule has 0 aliphatic heterocycles. The Kier molecular flexibility index (Phi) is 4.29. The third-order valence-corrected chi connectivity index (χ3v) is 3.35. The highest BCUT2D eigenvalue weighted by Crippen LogP contribution is 2.30. The molecule has 0 atom stereocenters. The lowest BCUT2D eigenvalue weighted by molar-refractivity contribution is 0.304. The largest absolute Gasteiger partial charge is 0.504 e. The molecule has 20 heavy (non-hydrogen) atoms. The number of hydrogen-bond acceptors (Lipinski definition) is 5. The Bertz CT molecular complexity index is 573. The van der Waals surface area contributed by atoms with E-state index in [1.165, 1.54) is 0 Å². The van der Waals surface area contributed by atoms with Crippen LogP contribution < -0.4 is 4.74 Å². The monoisotopic (exact) mass is 276 g/mol. The van der Waals surface area contributed by atoms with E-state index in [-0.39, 0.29) is 5.75 Å². The van der Waals surface area contributed by atoms with E-state index in [4.69, 9.17) is 9.26 Å². The van der Waals surface area contributed by atoms with Gasteiger partial charge in [-0.1, -0.05) is 17.3 Å². The smallest absolute Gasteiger partial charge is 0.162 e. The molecule has 1 aromatic carbocycles. The van der Waals surface area contributed by atoms with E-state index in [9.17, 15) is 5.11 Å². The number of aromatic hydroxyl groups is 1. The average molecular weight is 276 g/mol. The standard InChI is InChI=1S/C15H20N2O3/c1-10-13(11(2)20-16-10)9-17(3)8-12-6-5-7-14(19-4)15(12)18/h5-7,18H,8-9H2,1-4H3. The van der Waals surface area contributed by atoms with Crippen molar-refractivity contribution in [3.63, 3.8) is 0 Å². The van der Waals surface area contributed by atoms with Crippen LogP contribution in [-0.4, -0.2) is 29.3 Å². The minimum Gasteiger partial charge on any atom is -0.504 e. The molecule has 1 aromatic heterocycles. The maximum atomic E-state index is 10.1. The van der Waals surface area contributed by atoms with Crippen LogP contribution in [0.25, 0.3) is 0 Å². The molecule has 0 fully saturated rings. The molecular formula is C15H20N2O3. The van der Waals surface area contributed by atoms with Gasteiger partial charge in [-0.25, -0.2) is 0 Å². The summed E-state index contributed by atoms with van der Waals surface area (Å²) in [7, 11) is 3.54. The maximum Gasteiger partial charge on any atom is 0.162 e. The Morgan fingerprint density at radius 1 is 1.30 bits per heavy atom. The van der Waals surface area contributed by atoms with Crippen molar-refractivity contribution in [2.45, 2.75) is 26.9 Å². The van der Waals surface area contributed by atoms with Gasteiger partial charge in [0.1, 0.15) is 5.76 Å². The number of hydrogen-bond donors (Lipinski definition) is 1. The van der Waals surface area contributed by atoms with E-state index in [0.29, 0.717) is 12.3 Å². The molecule has 0 bridgehead atoms. The van der Waals surface area contributed by atoms with Gasteiger partial charge in [0.15, 0.2) is 11.5 Å². The molecule has 0 spiro atoms. The lowest BCUT2D eigenvalue weighted by Crippen LogP contribution is -2.18. The van der Waals surface area contributed by atoms with E-state index in [1.54, 1.807) is 13.2 Å². The summed E-state index contributed by atoms with van der Waals surface area (Å²) in [5, 5.41) is 14.0. The van der Waals surface area contributed by atoms with Crippen LogP contribution >= 0.6 is 0 Å². The minimum atomic E-state index is 0.195. The first kappa shape index (κ1) is 14.4. The Balaban J connectivity index is 2.11. The lowest BCUT2D eigenvalue weighted by atomic mass is 10.1. The molecule has 1 heterocycles. The van der Waals surface area contributed by atoms with Gasteiger partial charge in [0.05, 0.1) is 12.8 Å². The van der Waals surface area contributed by atoms with Crippen molar-refractivity contribution >= 4 is 0 Å². The fourth-order valence-electron chi connectivity index (χ4n) is 2.20. The molecule has 0 amide bonds. The topological polar surface area (TPSA) is 58.7 Å². The summed E-state index contributed by atoms with van der Waals surface area (Å²) >= 11 is 0. The Morgan fingerprint density at radius 3 is 2.65 bits per heavy atom. The molecule has 0 aliphatic rings. The number of methoxy groups -OCH3 is 1. The van der Waals surface area contributed by atoms with Crippen molar-refractivity contribution in [2.75, 3.05) is 14.2 Å². The second-order valence-electron chi connectivity index (χ2n) is 4.94. The fraction of sp³-hybridized carbons (Fsp3) is 0.400. The van der Waals surface area contributed by atoms with Gasteiger partial charge in [0.25, 0.3) is 0 Å². The Hall–Kier alpha value is -2.01. The molecule has 0 saturated carbocycles. The first-order valence-corrected chi connectivity index (χ1v) is 6.48. The van der Waals surface area contributed by atoms with Crippen LogP contribution in [0.2, 0.25) is 0 Å². The maximum absolute atomic E-state index is 10.1. The SMILES string of the molecule is COc1cccc(CN(C)Cc2c(C)noc2C)c1O. The summed E-state index contributed by atoms with van der Waals surface area (Å²) < 4.78 is 10.3. The van der Waals surface area contributed by atoms with E-state index < -0.39 is 0 Å². The molecule has 5 nitrogen and oxygen atoms in total. The molecule has 0 unspecified atom stereocenters. The normalized spacial score (nSPS) is 11.1. The van der Waals surface area contributed by atoms with Crippen LogP contribution in [-0.2, 0) is 13.1 Å². The highest BCUT2D eigenvalue weighted by molar-refractivity contribution is 5.45. The fourth-order valence-corrected chi connectivity index (χ4v) is 2.20. The number of phenols is 1. The zero-order chi connectivity index (χ0) is 14.7. The van der Waals surface area contributed by atoms with Crippen LogP contribution in [0.1, 0.15) is 22.6 Å². The molecule has 5 heteroatoms. The summed E-state index contributed by atoms with van der Waals surface area (Å²) in [5.74, 6) is 1.53. The zero-order valence-corrected chi connectivity index (χ0v) is 12.3. The van der Waals surface area contributed by atoms with Crippen molar-refractivity contribution in [2.24, 2.45) is 0 Å². The van der Waals surface area contributed by atoms with Crippen molar-refractivity contribution < 1.29 is 14.4 Å². The zero-order valence-electron chi connectivity index (χ0n) is 12.3. The summed E-state index contributed by atoms with van der Waals surface area (Å²) in [6.45, 7) is 5.18. The Labute approximate surface area is 118 Å². The molecular weight excluding hydrogens is 256 g/mol. The highest BCUT2D eigenvalue weighted by Gasteiger charge is 2.14. The van der Waals surface area contributed by atoms with Gasteiger partial charge in [-0.05, 0) is 27.0 Å². The molecule has 2 aromatic rings. The first-order chi connectivity index (χ1) is 9.52. The van der Waals surface area contributed by atoms with Gasteiger partial charge >= 0.3 is 0 Å². The number of benzene rings is 1. The molecule has 1 N–H and O–H groups in total. The summed E-state index contributed by atoms with van der Waals surface area (Å²) in [4.78, 5) is 2.10. The van der Waals surface area contributed by atoms with Gasteiger partial charge in [-0.2, -0.15) is 0 Å².